The van der Waals surface area contributed by atoms with Crippen LogP contribution in [-0.2, 0) is 22.4 Å². The third kappa shape index (κ3) is 5.11. The molecule has 0 fully saturated rings. The van der Waals surface area contributed by atoms with Crippen LogP contribution in [0.4, 0.5) is 5.13 Å². The Labute approximate surface area is 158 Å². The molecule has 0 aliphatic carbocycles. The first kappa shape index (κ1) is 18.5. The number of anilines is 1. The smallest absolute Gasteiger partial charge is 0.227 e. The summed E-state index contributed by atoms with van der Waals surface area (Å²) in [4.78, 5) is 31.3. The Morgan fingerprint density at radius 1 is 1.26 bits per heavy atom. The van der Waals surface area contributed by atoms with Gasteiger partial charge in [0.1, 0.15) is 5.75 Å². The third-order valence-electron chi connectivity index (χ3n) is 3.54. The highest BCUT2D eigenvalue weighted by atomic mass is 32.1. The van der Waals surface area contributed by atoms with Gasteiger partial charge in [-0.25, -0.2) is 4.98 Å². The van der Waals surface area contributed by atoms with Crippen LogP contribution in [-0.4, -0.2) is 34.0 Å². The SMILES string of the molecule is COc1ccc(-c2noc(CCC(=O)Nc3nc(CC(N)=O)cs3)n2)cc1. The number of carbonyl (C=O) groups excluding carboxylic acids is 2. The van der Waals surface area contributed by atoms with Crippen molar-refractivity contribution in [1.29, 1.82) is 0 Å². The highest BCUT2D eigenvalue weighted by Gasteiger charge is 2.12. The molecule has 0 aliphatic heterocycles. The molecule has 0 saturated heterocycles. The van der Waals surface area contributed by atoms with Gasteiger partial charge in [0, 0.05) is 23.8 Å². The fourth-order valence-electron chi connectivity index (χ4n) is 2.24. The number of nitrogens with two attached hydrogens (primary N) is 1. The molecular formula is C17H17N5O4S. The molecule has 0 bridgehead atoms. The van der Waals surface area contributed by atoms with Gasteiger partial charge in [-0.1, -0.05) is 5.16 Å². The van der Waals surface area contributed by atoms with E-state index in [1.54, 1.807) is 24.6 Å². The predicted octanol–water partition coefficient (Wildman–Crippen LogP) is 1.80. The van der Waals surface area contributed by atoms with Crippen LogP contribution in [0.5, 0.6) is 5.75 Å². The van der Waals surface area contributed by atoms with Crippen molar-refractivity contribution in [3.05, 3.63) is 41.2 Å². The lowest BCUT2D eigenvalue weighted by atomic mass is 10.2. The van der Waals surface area contributed by atoms with Crippen molar-refractivity contribution in [3.8, 4) is 17.1 Å². The van der Waals surface area contributed by atoms with Gasteiger partial charge >= 0.3 is 0 Å². The quantitative estimate of drug-likeness (QED) is 0.602. The molecule has 140 valence electrons. The number of aromatic nitrogens is 3. The lowest BCUT2D eigenvalue weighted by molar-refractivity contribution is -0.117. The number of rotatable bonds is 8. The maximum absolute atomic E-state index is 12.0. The van der Waals surface area contributed by atoms with Crippen molar-refractivity contribution in [1.82, 2.24) is 15.1 Å². The highest BCUT2D eigenvalue weighted by Crippen LogP contribution is 2.20. The Morgan fingerprint density at radius 2 is 2.04 bits per heavy atom. The van der Waals surface area contributed by atoms with Crippen LogP contribution in [0.2, 0.25) is 0 Å². The van der Waals surface area contributed by atoms with Gasteiger partial charge in [-0.2, -0.15) is 4.98 Å². The monoisotopic (exact) mass is 387 g/mol. The molecule has 0 saturated carbocycles. The van der Waals surface area contributed by atoms with Gasteiger partial charge in [0.25, 0.3) is 0 Å². The maximum atomic E-state index is 12.0. The number of carbonyl (C=O) groups is 2. The molecule has 0 unspecified atom stereocenters. The molecule has 2 aromatic heterocycles. The number of aryl methyl sites for hydroxylation is 1. The first-order chi connectivity index (χ1) is 13.0. The van der Waals surface area contributed by atoms with E-state index >= 15 is 0 Å². The average Bonchev–Trinajstić information content (AvgIpc) is 3.29. The molecule has 0 radical (unpaired) electrons. The number of benzene rings is 1. The van der Waals surface area contributed by atoms with Gasteiger partial charge in [-0.15, -0.1) is 11.3 Å². The summed E-state index contributed by atoms with van der Waals surface area (Å²) in [7, 11) is 1.59. The predicted molar refractivity (Wildman–Crippen MR) is 98.2 cm³/mol. The van der Waals surface area contributed by atoms with E-state index in [1.165, 1.54) is 11.3 Å². The molecule has 3 aromatic rings. The second-order valence-corrected chi connectivity index (χ2v) is 6.43. The summed E-state index contributed by atoms with van der Waals surface area (Å²) in [5.41, 5.74) is 6.44. The van der Waals surface area contributed by atoms with Crippen molar-refractivity contribution >= 4 is 28.3 Å². The van der Waals surface area contributed by atoms with Gasteiger partial charge in [-0.3, -0.25) is 9.59 Å². The van der Waals surface area contributed by atoms with Crippen LogP contribution in [0.3, 0.4) is 0 Å². The van der Waals surface area contributed by atoms with E-state index < -0.39 is 5.91 Å². The average molecular weight is 387 g/mol. The van der Waals surface area contributed by atoms with Crippen molar-refractivity contribution in [2.45, 2.75) is 19.3 Å². The number of nitrogens with one attached hydrogen (secondary N) is 1. The standard InChI is InChI=1S/C17H17N5O4S/c1-25-12-4-2-10(3-5-12)16-21-15(26-22-16)7-6-14(24)20-17-19-11(9-27-17)8-13(18)23/h2-5,9H,6-8H2,1H3,(H2,18,23)(H,19,20,24). The number of hydrogen-bond donors (Lipinski definition) is 2. The number of nitrogens with zero attached hydrogens (tertiary/aromatic N) is 3. The molecule has 1 aromatic carbocycles. The lowest BCUT2D eigenvalue weighted by Gasteiger charge is -1.99. The maximum Gasteiger partial charge on any atom is 0.227 e. The van der Waals surface area contributed by atoms with Gasteiger partial charge in [0.15, 0.2) is 5.13 Å². The highest BCUT2D eigenvalue weighted by molar-refractivity contribution is 7.13. The zero-order valence-electron chi connectivity index (χ0n) is 14.5. The first-order valence-electron chi connectivity index (χ1n) is 8.03. The van der Waals surface area contributed by atoms with Crippen LogP contribution in [0.15, 0.2) is 34.2 Å². The van der Waals surface area contributed by atoms with Crippen molar-refractivity contribution in [2.24, 2.45) is 5.73 Å². The largest absolute Gasteiger partial charge is 0.497 e. The number of thiazole rings is 1. The summed E-state index contributed by atoms with van der Waals surface area (Å²) < 4.78 is 10.3. The number of amides is 2. The Bertz CT molecular complexity index is 935. The fourth-order valence-corrected chi connectivity index (χ4v) is 2.97. The summed E-state index contributed by atoms with van der Waals surface area (Å²) in [6, 6.07) is 7.26. The van der Waals surface area contributed by atoms with E-state index in [0.29, 0.717) is 29.0 Å². The molecule has 3 N–H and O–H groups in total. The Hall–Kier alpha value is -3.27. The number of primary amides is 1. The summed E-state index contributed by atoms with van der Waals surface area (Å²) in [5.74, 6) is 0.843. The van der Waals surface area contributed by atoms with Crippen LogP contribution in [0, 0.1) is 0 Å². The van der Waals surface area contributed by atoms with Crippen molar-refractivity contribution in [2.75, 3.05) is 12.4 Å². The van der Waals surface area contributed by atoms with E-state index in [4.69, 9.17) is 15.0 Å². The Kier molecular flexibility index (Phi) is 5.77. The minimum atomic E-state index is -0.470. The Balaban J connectivity index is 1.52. The molecular weight excluding hydrogens is 370 g/mol. The molecule has 3 rings (SSSR count). The van der Waals surface area contributed by atoms with Crippen LogP contribution >= 0.6 is 11.3 Å². The lowest BCUT2D eigenvalue weighted by Crippen LogP contribution is -2.14. The second-order valence-electron chi connectivity index (χ2n) is 5.58. The van der Waals surface area contributed by atoms with Crippen molar-refractivity contribution < 1.29 is 18.8 Å². The molecule has 0 spiro atoms. The summed E-state index contributed by atoms with van der Waals surface area (Å²) in [6.45, 7) is 0. The van der Waals surface area contributed by atoms with E-state index in [2.05, 4.69) is 20.4 Å². The second kappa shape index (κ2) is 8.41. The van der Waals surface area contributed by atoms with Gasteiger partial charge < -0.3 is 20.3 Å². The van der Waals surface area contributed by atoms with E-state index in [-0.39, 0.29) is 18.7 Å². The van der Waals surface area contributed by atoms with E-state index in [0.717, 1.165) is 11.3 Å². The third-order valence-corrected chi connectivity index (χ3v) is 4.34. The van der Waals surface area contributed by atoms with Crippen molar-refractivity contribution in [3.63, 3.8) is 0 Å². The molecule has 0 aliphatic rings. The van der Waals surface area contributed by atoms with Crippen LogP contribution < -0.4 is 15.8 Å². The van der Waals surface area contributed by atoms with Crippen LogP contribution in [0.1, 0.15) is 18.0 Å². The zero-order chi connectivity index (χ0) is 19.2. The molecule has 10 heteroatoms. The molecule has 2 heterocycles. The number of methoxy groups -OCH3 is 1. The minimum absolute atomic E-state index is 0.0441. The zero-order valence-corrected chi connectivity index (χ0v) is 15.3. The summed E-state index contributed by atoms with van der Waals surface area (Å²) in [6.07, 6.45) is 0.506. The molecule has 2 amide bonds. The number of hydrogen-bond acceptors (Lipinski definition) is 8. The fraction of sp³-hybridized carbons (Fsp3) is 0.235. The Morgan fingerprint density at radius 3 is 2.74 bits per heavy atom. The normalized spacial score (nSPS) is 10.6. The molecule has 27 heavy (non-hydrogen) atoms. The van der Waals surface area contributed by atoms with E-state index in [1.807, 2.05) is 12.1 Å². The van der Waals surface area contributed by atoms with Gasteiger partial charge in [-0.05, 0) is 24.3 Å². The van der Waals surface area contributed by atoms with Gasteiger partial charge in [0.2, 0.25) is 23.5 Å². The number of ether oxygens (including phenoxy) is 1. The minimum Gasteiger partial charge on any atom is -0.497 e. The topological polar surface area (TPSA) is 133 Å². The summed E-state index contributed by atoms with van der Waals surface area (Å²) >= 11 is 1.23. The van der Waals surface area contributed by atoms with Crippen LogP contribution in [0.25, 0.3) is 11.4 Å². The first-order valence-corrected chi connectivity index (χ1v) is 8.91. The summed E-state index contributed by atoms with van der Waals surface area (Å²) in [5, 5.41) is 8.69. The van der Waals surface area contributed by atoms with E-state index in [9.17, 15) is 9.59 Å². The molecule has 0 atom stereocenters. The van der Waals surface area contributed by atoms with Gasteiger partial charge in [0.05, 0.1) is 19.2 Å². The molecule has 9 nitrogen and oxygen atoms in total.